The molecule has 2 atom stereocenters. The maximum atomic E-state index is 11.1. The van der Waals surface area contributed by atoms with Gasteiger partial charge in [0.2, 0.25) is 5.91 Å². The summed E-state index contributed by atoms with van der Waals surface area (Å²) >= 11 is 1.44. The summed E-state index contributed by atoms with van der Waals surface area (Å²) in [6.45, 7) is -0.263. The second kappa shape index (κ2) is 4.63. The van der Waals surface area contributed by atoms with E-state index in [0.717, 1.165) is 0 Å². The summed E-state index contributed by atoms with van der Waals surface area (Å²) in [6, 6.07) is 0. The molecule has 0 aromatic heterocycles. The number of aliphatic carboxylic acids is 1. The number of hydrogen-bond donors (Lipinski definition) is 2. The van der Waals surface area contributed by atoms with Gasteiger partial charge in [-0.1, -0.05) is 0 Å². The van der Waals surface area contributed by atoms with Gasteiger partial charge >= 0.3 is 35.5 Å². The molecule has 2 aliphatic heterocycles. The van der Waals surface area contributed by atoms with Crippen molar-refractivity contribution in [2.24, 2.45) is 5.41 Å². The van der Waals surface area contributed by atoms with Gasteiger partial charge in [0.15, 0.2) is 0 Å². The van der Waals surface area contributed by atoms with Crippen molar-refractivity contribution in [2.45, 2.75) is 11.8 Å². The first-order chi connectivity index (χ1) is 6.59. The van der Waals surface area contributed by atoms with Crippen LogP contribution in [0.15, 0.2) is 0 Å². The van der Waals surface area contributed by atoms with Crippen LogP contribution < -0.4 is 0 Å². The number of carboxylic acids is 1. The van der Waals surface area contributed by atoms with Crippen molar-refractivity contribution in [3.05, 3.63) is 0 Å². The standard InChI is InChI=1S/C8H11NO4S.Na.H/c10-3-8(7(12)13)2-9-5(11)1-6(9)14-4-8;;/h6,10H,1-4H2,(H,12,13);;/t6-,8?;;/m1../s1. The molecule has 0 bridgehead atoms. The van der Waals surface area contributed by atoms with E-state index in [1.165, 1.54) is 11.8 Å². The van der Waals surface area contributed by atoms with E-state index in [9.17, 15) is 9.59 Å². The minimum absolute atomic E-state index is 0. The van der Waals surface area contributed by atoms with E-state index in [1.807, 2.05) is 0 Å². The molecule has 80 valence electrons. The Kier molecular flexibility index (Phi) is 4.11. The molecule has 2 rings (SSSR count). The topological polar surface area (TPSA) is 77.8 Å². The zero-order valence-electron chi connectivity index (χ0n) is 7.47. The van der Waals surface area contributed by atoms with Gasteiger partial charge in [0.05, 0.1) is 18.4 Å². The van der Waals surface area contributed by atoms with Crippen LogP contribution in [0.5, 0.6) is 0 Å². The number of nitrogens with zero attached hydrogens (tertiary/aromatic N) is 1. The predicted octanol–water partition coefficient (Wildman–Crippen LogP) is -1.29. The van der Waals surface area contributed by atoms with Crippen molar-refractivity contribution >= 4 is 53.2 Å². The number of hydrogen-bond acceptors (Lipinski definition) is 4. The number of carbonyl (C=O) groups is 2. The van der Waals surface area contributed by atoms with E-state index in [-0.39, 0.29) is 47.4 Å². The van der Waals surface area contributed by atoms with E-state index < -0.39 is 18.0 Å². The quantitative estimate of drug-likeness (QED) is 0.464. The van der Waals surface area contributed by atoms with E-state index in [4.69, 9.17) is 10.2 Å². The second-order valence-corrected chi connectivity index (χ2v) is 4.90. The number of thioether (sulfide) groups is 1. The molecule has 0 saturated carbocycles. The molecular formula is C8H12NNaO4S. The van der Waals surface area contributed by atoms with Crippen LogP contribution in [-0.4, -0.2) is 80.8 Å². The number of amides is 1. The Morgan fingerprint density at radius 2 is 2.33 bits per heavy atom. The number of aliphatic hydroxyl groups is 1. The van der Waals surface area contributed by atoms with Crippen LogP contribution in [0.1, 0.15) is 6.42 Å². The van der Waals surface area contributed by atoms with Gasteiger partial charge in [0.25, 0.3) is 0 Å². The first-order valence-corrected chi connectivity index (χ1v) is 5.39. The Morgan fingerprint density at radius 1 is 1.67 bits per heavy atom. The van der Waals surface area contributed by atoms with Gasteiger partial charge < -0.3 is 15.1 Å². The van der Waals surface area contributed by atoms with Crippen LogP contribution in [0.2, 0.25) is 0 Å². The molecule has 2 fully saturated rings. The Bertz CT molecular complexity index is 300. The fraction of sp³-hybridized carbons (Fsp3) is 0.750. The summed E-state index contributed by atoms with van der Waals surface area (Å²) in [4.78, 5) is 23.6. The third-order valence-electron chi connectivity index (χ3n) is 2.80. The molecule has 0 aromatic carbocycles. The Balaban J connectivity index is 0.00000112. The molecule has 2 N–H and O–H groups in total. The normalized spacial score (nSPS) is 33.8. The third-order valence-corrected chi connectivity index (χ3v) is 4.32. The van der Waals surface area contributed by atoms with Crippen molar-refractivity contribution in [1.29, 1.82) is 0 Å². The number of rotatable bonds is 2. The van der Waals surface area contributed by atoms with E-state index in [1.54, 1.807) is 4.90 Å². The van der Waals surface area contributed by atoms with Gasteiger partial charge in [-0.05, 0) is 0 Å². The van der Waals surface area contributed by atoms with Crippen molar-refractivity contribution in [2.75, 3.05) is 18.9 Å². The molecule has 2 heterocycles. The fourth-order valence-electron chi connectivity index (χ4n) is 1.68. The van der Waals surface area contributed by atoms with Crippen molar-refractivity contribution < 1.29 is 19.8 Å². The molecule has 15 heavy (non-hydrogen) atoms. The van der Waals surface area contributed by atoms with Crippen LogP contribution in [0.25, 0.3) is 0 Å². The van der Waals surface area contributed by atoms with Gasteiger partial charge in [-0.2, -0.15) is 0 Å². The van der Waals surface area contributed by atoms with E-state index >= 15 is 0 Å². The van der Waals surface area contributed by atoms with Gasteiger partial charge in [-0.3, -0.25) is 9.59 Å². The number of fused-ring (bicyclic) bond motifs is 1. The summed E-state index contributed by atoms with van der Waals surface area (Å²) in [6.07, 6.45) is 0.506. The van der Waals surface area contributed by atoms with Crippen molar-refractivity contribution in [3.63, 3.8) is 0 Å². The van der Waals surface area contributed by atoms with Gasteiger partial charge in [-0.15, -0.1) is 11.8 Å². The Labute approximate surface area is 113 Å². The SMILES string of the molecule is O=C1C[C@H]2SCC(CO)(C(=O)O)CN12.[NaH]. The zero-order valence-corrected chi connectivity index (χ0v) is 8.29. The third kappa shape index (κ3) is 2.06. The monoisotopic (exact) mass is 241 g/mol. The number of aliphatic hydroxyl groups excluding tert-OH is 1. The second-order valence-electron chi connectivity index (χ2n) is 3.74. The van der Waals surface area contributed by atoms with Crippen LogP contribution in [0, 0.1) is 5.41 Å². The van der Waals surface area contributed by atoms with E-state index in [2.05, 4.69) is 0 Å². The molecule has 1 amide bonds. The van der Waals surface area contributed by atoms with Crippen LogP contribution in [0.3, 0.4) is 0 Å². The summed E-state index contributed by atoms with van der Waals surface area (Å²) in [5, 5.41) is 18.2. The zero-order chi connectivity index (χ0) is 10.3. The molecule has 0 aliphatic carbocycles. The summed E-state index contributed by atoms with van der Waals surface area (Å²) in [5.41, 5.74) is -1.16. The van der Waals surface area contributed by atoms with Gasteiger partial charge in [-0.25, -0.2) is 0 Å². The van der Waals surface area contributed by atoms with Crippen LogP contribution in [0.4, 0.5) is 0 Å². The van der Waals surface area contributed by atoms with Gasteiger partial charge in [0.1, 0.15) is 5.41 Å². The fourth-order valence-corrected chi connectivity index (χ4v) is 3.13. The Hall–Kier alpha value is 0.250. The van der Waals surface area contributed by atoms with Gasteiger partial charge in [0, 0.05) is 12.3 Å². The molecule has 2 saturated heterocycles. The van der Waals surface area contributed by atoms with Crippen LogP contribution in [-0.2, 0) is 9.59 Å². The maximum absolute atomic E-state index is 11.1. The summed E-state index contributed by atoms with van der Waals surface area (Å²) in [5.74, 6) is -0.653. The predicted molar refractivity (Wildman–Crippen MR) is 56.9 cm³/mol. The number of carbonyl (C=O) groups excluding carboxylic acids is 1. The molecule has 0 spiro atoms. The number of carboxylic acid groups (broad SMARTS) is 1. The molecule has 0 aromatic rings. The van der Waals surface area contributed by atoms with Crippen molar-refractivity contribution in [1.82, 2.24) is 4.90 Å². The molecular weight excluding hydrogens is 229 g/mol. The molecule has 1 unspecified atom stereocenters. The first-order valence-electron chi connectivity index (χ1n) is 4.34. The summed E-state index contributed by atoms with van der Waals surface area (Å²) < 4.78 is 0. The number of β-lactam (4-membered cyclic amide) rings is 1. The average molecular weight is 241 g/mol. The molecule has 5 nitrogen and oxygen atoms in total. The van der Waals surface area contributed by atoms with E-state index in [0.29, 0.717) is 12.2 Å². The van der Waals surface area contributed by atoms with Crippen LogP contribution >= 0.6 is 11.8 Å². The first kappa shape index (κ1) is 13.3. The summed E-state index contributed by atoms with van der Waals surface area (Å²) in [7, 11) is 0. The minimum atomic E-state index is -1.16. The Morgan fingerprint density at radius 3 is 2.80 bits per heavy atom. The molecule has 0 radical (unpaired) electrons. The van der Waals surface area contributed by atoms with Crippen molar-refractivity contribution in [3.8, 4) is 0 Å². The average Bonchev–Trinajstić information content (AvgIpc) is 2.16. The molecule has 2 aliphatic rings. The molecule has 7 heteroatoms.